The number of fused-ring (bicyclic) bond motifs is 1. The quantitative estimate of drug-likeness (QED) is 0.216. The molecule has 2 aromatic rings. The number of ether oxygens (including phenoxy) is 2. The molecule has 5 atom stereocenters. The Morgan fingerprint density at radius 2 is 1.84 bits per heavy atom. The molecule has 1 aromatic heterocycles. The highest BCUT2D eigenvalue weighted by atomic mass is 32.2. The lowest BCUT2D eigenvalue weighted by atomic mass is 9.85. The second-order valence-electron chi connectivity index (χ2n) is 14.6. The summed E-state index contributed by atoms with van der Waals surface area (Å²) in [6.07, 6.45) is 7.11. The molecule has 51 heavy (non-hydrogen) atoms. The molecule has 1 aromatic carbocycles. The third-order valence-electron chi connectivity index (χ3n) is 9.76. The lowest BCUT2D eigenvalue weighted by Crippen LogP contribution is -2.60. The summed E-state index contributed by atoms with van der Waals surface area (Å²) in [6.45, 7) is 9.17. The molecule has 0 unspecified atom stereocenters. The summed E-state index contributed by atoms with van der Waals surface area (Å²) in [5.41, 5.74) is -1.61. The van der Waals surface area contributed by atoms with Crippen molar-refractivity contribution >= 4 is 56.7 Å². The van der Waals surface area contributed by atoms with Crippen molar-refractivity contribution in [3.8, 4) is 5.75 Å². The number of thioether (sulfide) groups is 1. The number of carbonyl (C=O) groups excluding carboxylic acids is 4. The monoisotopic (exact) mass is 744 g/mol. The number of para-hydroxylation sites is 1. The Hall–Kier alpha value is -3.89. The molecule has 278 valence electrons. The molecular formula is C35H48N6O8S2. The molecule has 2 saturated carbocycles. The van der Waals surface area contributed by atoms with Gasteiger partial charge in [-0.15, -0.1) is 18.3 Å². The number of hydrogen-bond acceptors (Lipinski definition) is 10. The minimum absolute atomic E-state index is 0.00597. The Bertz CT molecular complexity index is 1790. The molecule has 2 aliphatic carbocycles. The number of aromatic nitrogens is 1. The lowest BCUT2D eigenvalue weighted by Gasteiger charge is -2.35. The summed E-state index contributed by atoms with van der Waals surface area (Å²) in [7, 11) is -1.61. The highest BCUT2D eigenvalue weighted by molar-refractivity contribution is 7.98. The Morgan fingerprint density at radius 3 is 2.45 bits per heavy atom. The van der Waals surface area contributed by atoms with Gasteiger partial charge in [0.1, 0.15) is 35.6 Å². The van der Waals surface area contributed by atoms with Crippen molar-refractivity contribution in [1.82, 2.24) is 29.5 Å². The van der Waals surface area contributed by atoms with E-state index >= 15 is 0 Å². The zero-order valence-electron chi connectivity index (χ0n) is 29.9. The second-order valence-corrected chi connectivity index (χ2v) is 17.4. The number of rotatable bonds is 12. The normalized spacial score (nSPS) is 24.2. The van der Waals surface area contributed by atoms with Gasteiger partial charge in [-0.3, -0.25) is 19.4 Å². The van der Waals surface area contributed by atoms with Gasteiger partial charge in [-0.05, 0) is 62.0 Å². The van der Waals surface area contributed by atoms with Crippen LogP contribution in [0.3, 0.4) is 0 Å². The molecule has 14 nitrogen and oxygen atoms in total. The highest BCUT2D eigenvalue weighted by Crippen LogP contribution is 2.45. The van der Waals surface area contributed by atoms with Crippen LogP contribution < -0.4 is 20.1 Å². The van der Waals surface area contributed by atoms with E-state index in [4.69, 9.17) is 9.47 Å². The molecule has 1 saturated heterocycles. The van der Waals surface area contributed by atoms with E-state index in [9.17, 15) is 27.6 Å². The molecule has 0 radical (unpaired) electrons. The average molecular weight is 745 g/mol. The van der Waals surface area contributed by atoms with Crippen molar-refractivity contribution in [2.75, 3.05) is 26.9 Å². The van der Waals surface area contributed by atoms with Gasteiger partial charge in [-0.2, -0.15) is 12.7 Å². The van der Waals surface area contributed by atoms with Crippen molar-refractivity contribution in [2.24, 2.45) is 11.3 Å². The zero-order chi connectivity index (χ0) is 37.3. The molecule has 3 aliphatic rings. The number of amides is 4. The maximum atomic E-state index is 14.5. The van der Waals surface area contributed by atoms with Gasteiger partial charge in [-0.25, -0.2) is 9.52 Å². The fourth-order valence-electron chi connectivity index (χ4n) is 6.71. The van der Waals surface area contributed by atoms with Crippen LogP contribution in [0.1, 0.15) is 59.3 Å². The van der Waals surface area contributed by atoms with Crippen molar-refractivity contribution in [2.45, 2.75) is 94.0 Å². The van der Waals surface area contributed by atoms with Gasteiger partial charge in [0.25, 0.3) is 5.91 Å². The largest absolute Gasteiger partial charge is 0.488 e. The average Bonchev–Trinajstić information content (AvgIpc) is 3.33. The van der Waals surface area contributed by atoms with Crippen LogP contribution in [0.5, 0.6) is 5.75 Å². The number of pyridine rings is 1. The molecule has 0 bridgehead atoms. The molecular weight excluding hydrogens is 697 g/mol. The van der Waals surface area contributed by atoms with Gasteiger partial charge in [0.05, 0.1) is 12.1 Å². The molecule has 3 N–H and O–H groups in total. The first kappa shape index (κ1) is 38.3. The Morgan fingerprint density at radius 1 is 1.14 bits per heavy atom. The van der Waals surface area contributed by atoms with Crippen LogP contribution in [0.2, 0.25) is 0 Å². The third-order valence-corrected chi connectivity index (χ3v) is 11.9. The van der Waals surface area contributed by atoms with Crippen molar-refractivity contribution in [1.29, 1.82) is 0 Å². The number of alkyl carbamates (subject to hydrolysis) is 1. The number of benzene rings is 1. The standard InChI is InChI=1S/C35H48N6O8S2/c1-8-21-19-35(21,32(44)39-51(46,47)40(5)6)38-30(42)25-18-23(48-26-16-17-36-28-24(26)14-11-15-27(28)50-7)20-41(25)31(43)29(34(2,3)4)37-33(45)49-22-12-9-10-13-22/h8,11,14-17,21-23,25,29H,1,9-10,12-13,18-20H2,2-7H3,(H,37,45)(H,38,42)(H,39,44)/t21-,23-,25-,29-,35-/m1/s1. The molecule has 16 heteroatoms. The third kappa shape index (κ3) is 8.28. The SMILES string of the molecule is C=C[C@@H]1C[C@]1(NC(=O)[C@H]1C[C@@H](Oc2ccnc3c(SC)cccc23)CN1C(=O)[C@@H](NC(=O)OC1CCCC1)C(C)(C)C)C(=O)NS(=O)(=O)N(C)C. The van der Waals surface area contributed by atoms with E-state index in [0.29, 0.717) is 5.75 Å². The van der Waals surface area contributed by atoms with Gasteiger partial charge in [-0.1, -0.05) is 32.9 Å². The number of nitrogens with zero attached hydrogens (tertiary/aromatic N) is 3. The van der Waals surface area contributed by atoms with Crippen molar-refractivity contribution < 1.29 is 37.1 Å². The van der Waals surface area contributed by atoms with E-state index in [0.717, 1.165) is 45.8 Å². The van der Waals surface area contributed by atoms with Gasteiger partial charge >= 0.3 is 16.3 Å². The van der Waals surface area contributed by atoms with Gasteiger partial charge in [0.2, 0.25) is 11.8 Å². The summed E-state index contributed by atoms with van der Waals surface area (Å²) in [4.78, 5) is 62.1. The number of likely N-dealkylation sites (tertiary alicyclic amines) is 1. The maximum absolute atomic E-state index is 14.5. The van der Waals surface area contributed by atoms with E-state index in [-0.39, 0.29) is 25.5 Å². The van der Waals surface area contributed by atoms with Crippen LogP contribution in [0.4, 0.5) is 4.79 Å². The van der Waals surface area contributed by atoms with Gasteiger partial charge in [0, 0.05) is 42.9 Å². The Balaban J connectivity index is 1.44. The topological polar surface area (TPSA) is 176 Å². The summed E-state index contributed by atoms with van der Waals surface area (Å²) in [5.74, 6) is -2.11. The number of carbonyl (C=O) groups is 4. The fourth-order valence-corrected chi connectivity index (χ4v) is 7.88. The summed E-state index contributed by atoms with van der Waals surface area (Å²) < 4.78 is 40.1. The fraction of sp³-hybridized carbons (Fsp3) is 0.571. The van der Waals surface area contributed by atoms with Crippen molar-refractivity contribution in [3.05, 3.63) is 43.1 Å². The van der Waals surface area contributed by atoms with E-state index in [1.165, 1.54) is 25.1 Å². The molecule has 4 amide bonds. The van der Waals surface area contributed by atoms with Crippen LogP contribution in [0.25, 0.3) is 10.9 Å². The first-order valence-corrected chi connectivity index (χ1v) is 19.7. The number of hydrogen-bond donors (Lipinski definition) is 3. The van der Waals surface area contributed by atoms with Crippen LogP contribution in [-0.4, -0.2) is 103 Å². The first-order chi connectivity index (χ1) is 24.0. The second kappa shape index (κ2) is 15.0. The first-order valence-electron chi connectivity index (χ1n) is 17.1. The molecule has 0 spiro atoms. The Labute approximate surface area is 303 Å². The molecule has 1 aliphatic heterocycles. The van der Waals surface area contributed by atoms with E-state index in [1.54, 1.807) is 44.8 Å². The minimum Gasteiger partial charge on any atom is -0.488 e. The number of nitrogens with one attached hydrogen (secondary N) is 3. The van der Waals surface area contributed by atoms with E-state index in [1.807, 2.05) is 29.2 Å². The summed E-state index contributed by atoms with van der Waals surface area (Å²) in [6, 6.07) is 5.28. The minimum atomic E-state index is -4.16. The Kier molecular flexibility index (Phi) is 11.3. The summed E-state index contributed by atoms with van der Waals surface area (Å²) in [5, 5.41) is 6.31. The van der Waals surface area contributed by atoms with Crippen LogP contribution in [0, 0.1) is 11.3 Å². The van der Waals surface area contributed by atoms with Crippen LogP contribution in [0.15, 0.2) is 48.0 Å². The van der Waals surface area contributed by atoms with Crippen molar-refractivity contribution in [3.63, 3.8) is 0 Å². The smallest absolute Gasteiger partial charge is 0.408 e. The molecule has 3 fully saturated rings. The van der Waals surface area contributed by atoms with E-state index < -0.39 is 69.1 Å². The maximum Gasteiger partial charge on any atom is 0.408 e. The molecule has 5 rings (SSSR count). The molecule has 2 heterocycles. The highest BCUT2D eigenvalue weighted by Gasteiger charge is 2.61. The van der Waals surface area contributed by atoms with Gasteiger partial charge in [0.15, 0.2) is 0 Å². The van der Waals surface area contributed by atoms with Crippen LogP contribution >= 0.6 is 11.8 Å². The van der Waals surface area contributed by atoms with Crippen LogP contribution in [-0.2, 0) is 29.3 Å². The lowest BCUT2D eigenvalue weighted by molar-refractivity contribution is -0.143. The zero-order valence-corrected chi connectivity index (χ0v) is 31.6. The predicted molar refractivity (Wildman–Crippen MR) is 193 cm³/mol. The summed E-state index contributed by atoms with van der Waals surface area (Å²) >= 11 is 1.55. The van der Waals surface area contributed by atoms with E-state index in [2.05, 4.69) is 22.2 Å². The van der Waals surface area contributed by atoms with Gasteiger partial charge < -0.3 is 25.0 Å². The predicted octanol–water partition coefficient (Wildman–Crippen LogP) is 3.37.